The Kier molecular flexibility index (Phi) is 8.66. The maximum Gasteiger partial charge on any atom is 0.416 e. The summed E-state index contributed by atoms with van der Waals surface area (Å²) < 4.78 is 54.7. The van der Waals surface area contributed by atoms with Crippen LogP contribution in [0.4, 0.5) is 28.9 Å². The van der Waals surface area contributed by atoms with Crippen LogP contribution in [0.5, 0.6) is 0 Å². The Morgan fingerprint density at radius 1 is 1.18 bits per heavy atom. The minimum absolute atomic E-state index is 0.158. The molecule has 1 amide bonds. The number of nitrogens with one attached hydrogen (secondary N) is 1. The van der Waals surface area contributed by atoms with Gasteiger partial charge >= 0.3 is 13.7 Å². The summed E-state index contributed by atoms with van der Waals surface area (Å²) in [6, 6.07) is 5.92. The van der Waals surface area contributed by atoms with Crippen LogP contribution in [0.25, 0.3) is 0 Å². The summed E-state index contributed by atoms with van der Waals surface area (Å²) in [5.41, 5.74) is -0.185. The summed E-state index contributed by atoms with van der Waals surface area (Å²) in [5.74, 6) is -0.699. The summed E-state index contributed by atoms with van der Waals surface area (Å²) in [5, 5.41) is 13.0. The Labute approximate surface area is 202 Å². The molecule has 2 aromatic carbocycles. The highest BCUT2D eigenvalue weighted by Crippen LogP contribution is 2.33. The zero-order valence-corrected chi connectivity index (χ0v) is 20.3. The predicted octanol–water partition coefficient (Wildman–Crippen LogP) is 4.56. The molecule has 0 bridgehead atoms. The fourth-order valence-electron chi connectivity index (χ4n) is 2.94. The molecule has 0 spiro atoms. The zero-order valence-electron chi connectivity index (χ0n) is 19.6. The van der Waals surface area contributed by atoms with Crippen molar-refractivity contribution in [1.82, 2.24) is 0 Å². The topological polar surface area (TPSA) is 61.8 Å². The van der Waals surface area contributed by atoms with Gasteiger partial charge in [-0.25, -0.2) is 4.39 Å². The maximum atomic E-state index is 12.7. The van der Waals surface area contributed by atoms with Gasteiger partial charge in [0.05, 0.1) is 22.5 Å². The molecule has 0 atom stereocenters. The Balaban J connectivity index is 0.000000270. The van der Waals surface area contributed by atoms with E-state index in [1.165, 1.54) is 7.05 Å². The van der Waals surface area contributed by atoms with Crippen LogP contribution >= 0.6 is 11.6 Å². The summed E-state index contributed by atoms with van der Waals surface area (Å²) in [4.78, 5) is 12.6. The van der Waals surface area contributed by atoms with Crippen molar-refractivity contribution in [2.24, 2.45) is 0 Å². The van der Waals surface area contributed by atoms with Crippen LogP contribution in [0.2, 0.25) is 5.02 Å². The number of carbonyl (C=O) groups is 1. The Morgan fingerprint density at radius 2 is 1.82 bits per heavy atom. The number of hydrogen-bond acceptors (Lipinski definition) is 4. The first kappa shape index (κ1) is 27.9. The molecule has 0 saturated heterocycles. The van der Waals surface area contributed by atoms with Gasteiger partial charge in [-0.2, -0.15) is 13.2 Å². The van der Waals surface area contributed by atoms with Crippen molar-refractivity contribution >= 4 is 42.3 Å². The first-order chi connectivity index (χ1) is 15.6. The SMILES string of the molecule is CC(C)(O)C(C)(C)O[B]c1ccc2c(c1Cl)CCN2C=O.CNc1cc(C(F)(F)F)ccc1F. The van der Waals surface area contributed by atoms with E-state index in [9.17, 15) is 27.5 Å². The van der Waals surface area contributed by atoms with E-state index in [-0.39, 0.29) is 5.69 Å². The number of nitrogens with zero attached hydrogens (tertiary/aromatic N) is 1. The largest absolute Gasteiger partial charge is 0.427 e. The average Bonchev–Trinajstić information content (AvgIpc) is 3.16. The number of rotatable bonds is 6. The van der Waals surface area contributed by atoms with E-state index < -0.39 is 28.8 Å². The first-order valence-corrected chi connectivity index (χ1v) is 10.8. The van der Waals surface area contributed by atoms with E-state index in [0.29, 0.717) is 17.6 Å². The van der Waals surface area contributed by atoms with Crippen molar-refractivity contribution in [3.05, 3.63) is 52.3 Å². The quantitative estimate of drug-likeness (QED) is 0.346. The third-order valence-corrected chi connectivity index (χ3v) is 6.25. The molecule has 1 aliphatic heterocycles. The van der Waals surface area contributed by atoms with Crippen molar-refractivity contribution in [1.29, 1.82) is 0 Å². The molecule has 0 fully saturated rings. The number of anilines is 2. The minimum Gasteiger partial charge on any atom is -0.427 e. The maximum absolute atomic E-state index is 12.7. The molecule has 1 heterocycles. The molecular weight excluding hydrogens is 475 g/mol. The number of carbonyl (C=O) groups excluding carboxylic acids is 1. The number of halogens is 5. The highest BCUT2D eigenvalue weighted by molar-refractivity contribution is 6.54. The van der Waals surface area contributed by atoms with Gasteiger partial charge in [0, 0.05) is 24.3 Å². The smallest absolute Gasteiger partial charge is 0.416 e. The number of alkyl halides is 3. The van der Waals surface area contributed by atoms with Crippen LogP contribution in [-0.2, 0) is 22.0 Å². The van der Waals surface area contributed by atoms with Crippen molar-refractivity contribution in [2.45, 2.75) is 51.5 Å². The third kappa shape index (κ3) is 6.43. The van der Waals surface area contributed by atoms with E-state index in [2.05, 4.69) is 5.32 Å². The van der Waals surface area contributed by atoms with Crippen molar-refractivity contribution in [3.8, 4) is 0 Å². The molecule has 2 aromatic rings. The van der Waals surface area contributed by atoms with Crippen LogP contribution in [0.3, 0.4) is 0 Å². The van der Waals surface area contributed by atoms with Crippen LogP contribution < -0.4 is 15.7 Å². The van der Waals surface area contributed by atoms with Gasteiger partial charge in [0.2, 0.25) is 6.41 Å². The number of hydrogen-bond donors (Lipinski definition) is 2. The second-order valence-corrected chi connectivity index (χ2v) is 9.14. The molecule has 1 radical (unpaired) electrons. The first-order valence-electron chi connectivity index (χ1n) is 10.4. The molecular formula is C23H27BClF4N2O3. The van der Waals surface area contributed by atoms with Gasteiger partial charge in [0.15, 0.2) is 0 Å². The fraction of sp³-hybridized carbons (Fsp3) is 0.435. The Bertz CT molecular complexity index is 1030. The van der Waals surface area contributed by atoms with E-state index in [4.69, 9.17) is 16.3 Å². The average molecular weight is 502 g/mol. The van der Waals surface area contributed by atoms with Gasteiger partial charge in [-0.05, 0) is 69.4 Å². The summed E-state index contributed by atoms with van der Waals surface area (Å²) in [6.45, 7) is 7.69. The zero-order chi connectivity index (χ0) is 25.9. The lowest BCUT2D eigenvalue weighted by Crippen LogP contribution is -2.49. The van der Waals surface area contributed by atoms with Gasteiger partial charge in [-0.15, -0.1) is 0 Å². The van der Waals surface area contributed by atoms with E-state index in [1.54, 1.807) is 26.2 Å². The number of fused-ring (bicyclic) bond motifs is 1. The molecule has 185 valence electrons. The lowest BCUT2D eigenvalue weighted by atomic mass is 9.82. The van der Waals surface area contributed by atoms with Gasteiger partial charge < -0.3 is 20.0 Å². The van der Waals surface area contributed by atoms with Crippen LogP contribution in [0, 0.1) is 5.82 Å². The van der Waals surface area contributed by atoms with Crippen LogP contribution in [0.15, 0.2) is 30.3 Å². The third-order valence-electron chi connectivity index (χ3n) is 5.80. The summed E-state index contributed by atoms with van der Waals surface area (Å²) in [7, 11) is 2.93. The number of benzene rings is 2. The summed E-state index contributed by atoms with van der Waals surface area (Å²) >= 11 is 6.40. The predicted molar refractivity (Wildman–Crippen MR) is 126 cm³/mol. The van der Waals surface area contributed by atoms with Crippen molar-refractivity contribution in [2.75, 3.05) is 23.8 Å². The minimum atomic E-state index is -4.43. The normalized spacial score (nSPS) is 13.7. The van der Waals surface area contributed by atoms with Gasteiger partial charge in [-0.3, -0.25) is 4.79 Å². The highest BCUT2D eigenvalue weighted by atomic mass is 35.5. The standard InChI is InChI=1S/C15H20BClNO3.C8H7F4N/c1-14(2,20)15(3,4)21-16-11-5-6-12-10(13(11)17)7-8-18(12)9-19;1-13-7-4-5(8(10,11)12)2-3-6(7)9/h5-6,9,20H,7-8H2,1-4H3;2-4,13H,1H3. The molecule has 3 rings (SSSR count). The van der Waals surface area contributed by atoms with Gasteiger partial charge in [0.25, 0.3) is 0 Å². The highest BCUT2D eigenvalue weighted by Gasteiger charge is 2.36. The van der Waals surface area contributed by atoms with E-state index >= 15 is 0 Å². The van der Waals surface area contributed by atoms with Crippen molar-refractivity contribution < 1.29 is 32.1 Å². The molecule has 0 saturated carbocycles. The van der Waals surface area contributed by atoms with E-state index in [1.807, 2.05) is 26.0 Å². The number of aliphatic hydroxyl groups is 1. The molecule has 11 heteroatoms. The molecule has 0 aliphatic carbocycles. The second-order valence-electron chi connectivity index (χ2n) is 8.76. The molecule has 0 aromatic heterocycles. The molecule has 2 N–H and O–H groups in total. The van der Waals surface area contributed by atoms with Gasteiger partial charge in [-0.1, -0.05) is 17.7 Å². The van der Waals surface area contributed by atoms with Crippen LogP contribution in [0.1, 0.15) is 38.8 Å². The monoisotopic (exact) mass is 501 g/mol. The Hall–Kier alpha value is -2.30. The van der Waals surface area contributed by atoms with Crippen LogP contribution in [-0.4, -0.2) is 43.8 Å². The molecule has 5 nitrogen and oxygen atoms in total. The fourth-order valence-corrected chi connectivity index (χ4v) is 3.24. The lowest BCUT2D eigenvalue weighted by molar-refractivity contribution is -0.137. The van der Waals surface area contributed by atoms with E-state index in [0.717, 1.165) is 41.7 Å². The van der Waals surface area contributed by atoms with Gasteiger partial charge in [0.1, 0.15) is 5.82 Å². The van der Waals surface area contributed by atoms with Crippen molar-refractivity contribution in [3.63, 3.8) is 0 Å². The second kappa shape index (κ2) is 10.5. The Morgan fingerprint density at radius 3 is 2.35 bits per heavy atom. The molecule has 0 unspecified atom stereocenters. The molecule has 34 heavy (non-hydrogen) atoms. The lowest BCUT2D eigenvalue weighted by Gasteiger charge is -2.37. The molecule has 1 aliphatic rings. The number of amides is 1. The summed E-state index contributed by atoms with van der Waals surface area (Å²) in [6.07, 6.45) is -2.87.